The highest BCUT2D eigenvalue weighted by atomic mass is 32.2. The van der Waals surface area contributed by atoms with Gasteiger partial charge in [0.15, 0.2) is 9.84 Å². The van der Waals surface area contributed by atoms with Gasteiger partial charge in [0.05, 0.1) is 11.3 Å². The van der Waals surface area contributed by atoms with Crippen molar-refractivity contribution in [1.82, 2.24) is 0 Å². The molecule has 0 spiro atoms. The van der Waals surface area contributed by atoms with Gasteiger partial charge in [-0.25, -0.2) is 8.42 Å². The summed E-state index contributed by atoms with van der Waals surface area (Å²) in [7, 11) is -3.20. The standard InChI is InChI=1S/C13H19NO4S/c1-3-4-11(9-13(15)16)14-10-5-7-12(8-6-10)19(2,17)18/h5-8,11,14H,3-4,9H2,1-2H3,(H,15,16). The molecule has 0 fully saturated rings. The Hall–Kier alpha value is -1.56. The number of hydrogen-bond acceptors (Lipinski definition) is 4. The lowest BCUT2D eigenvalue weighted by Crippen LogP contribution is -2.22. The highest BCUT2D eigenvalue weighted by Gasteiger charge is 2.12. The van der Waals surface area contributed by atoms with E-state index in [0.29, 0.717) is 0 Å². The molecule has 106 valence electrons. The first kappa shape index (κ1) is 15.5. The molecule has 1 rings (SSSR count). The van der Waals surface area contributed by atoms with Crippen LogP contribution in [0.2, 0.25) is 0 Å². The van der Waals surface area contributed by atoms with Crippen LogP contribution in [-0.2, 0) is 14.6 Å². The fourth-order valence-electron chi connectivity index (χ4n) is 1.82. The van der Waals surface area contributed by atoms with Gasteiger partial charge in [0.25, 0.3) is 0 Å². The number of carboxylic acids is 1. The van der Waals surface area contributed by atoms with Gasteiger partial charge in [-0.1, -0.05) is 13.3 Å². The average Bonchev–Trinajstić information content (AvgIpc) is 2.28. The number of rotatable bonds is 7. The Morgan fingerprint density at radius 3 is 2.32 bits per heavy atom. The Labute approximate surface area is 113 Å². The second-order valence-electron chi connectivity index (χ2n) is 4.52. The van der Waals surface area contributed by atoms with Gasteiger partial charge in [0.1, 0.15) is 0 Å². The molecule has 0 aromatic heterocycles. The third-order valence-corrected chi connectivity index (χ3v) is 3.84. The molecule has 0 aliphatic heterocycles. The van der Waals surface area contributed by atoms with Gasteiger partial charge in [-0.3, -0.25) is 4.79 Å². The van der Waals surface area contributed by atoms with Crippen LogP contribution < -0.4 is 5.32 Å². The molecular formula is C13H19NO4S. The molecule has 0 bridgehead atoms. The van der Waals surface area contributed by atoms with Gasteiger partial charge in [-0.15, -0.1) is 0 Å². The van der Waals surface area contributed by atoms with Crippen LogP contribution in [0.1, 0.15) is 26.2 Å². The second kappa shape index (κ2) is 6.56. The van der Waals surface area contributed by atoms with Crippen LogP contribution in [0, 0.1) is 0 Å². The third kappa shape index (κ3) is 5.30. The molecule has 0 saturated carbocycles. The van der Waals surface area contributed by atoms with Crippen molar-refractivity contribution < 1.29 is 18.3 Å². The maximum absolute atomic E-state index is 11.3. The zero-order valence-electron chi connectivity index (χ0n) is 11.1. The van der Waals surface area contributed by atoms with Crippen LogP contribution in [-0.4, -0.2) is 31.8 Å². The summed E-state index contributed by atoms with van der Waals surface area (Å²) in [5.74, 6) is -0.848. The minimum atomic E-state index is -3.20. The van der Waals surface area contributed by atoms with E-state index in [2.05, 4.69) is 5.32 Å². The maximum Gasteiger partial charge on any atom is 0.305 e. The minimum absolute atomic E-state index is 0.0433. The number of hydrogen-bond donors (Lipinski definition) is 2. The van der Waals surface area contributed by atoms with E-state index in [9.17, 15) is 13.2 Å². The van der Waals surface area contributed by atoms with Crippen molar-refractivity contribution in [2.75, 3.05) is 11.6 Å². The van der Waals surface area contributed by atoms with Crippen LogP contribution in [0.25, 0.3) is 0 Å². The lowest BCUT2D eigenvalue weighted by atomic mass is 10.1. The van der Waals surface area contributed by atoms with E-state index in [1.165, 1.54) is 12.1 Å². The molecule has 1 atom stereocenters. The first-order chi connectivity index (χ1) is 8.82. The third-order valence-electron chi connectivity index (χ3n) is 2.71. The van der Waals surface area contributed by atoms with Crippen molar-refractivity contribution >= 4 is 21.5 Å². The summed E-state index contributed by atoms with van der Waals surface area (Å²) < 4.78 is 22.6. The Morgan fingerprint density at radius 2 is 1.89 bits per heavy atom. The number of aliphatic carboxylic acids is 1. The normalized spacial score (nSPS) is 12.9. The summed E-state index contributed by atoms with van der Waals surface area (Å²) in [6, 6.07) is 6.19. The van der Waals surface area contributed by atoms with Gasteiger partial charge in [-0.05, 0) is 30.7 Å². The lowest BCUT2D eigenvalue weighted by molar-refractivity contribution is -0.137. The number of anilines is 1. The molecule has 1 aromatic carbocycles. The molecule has 2 N–H and O–H groups in total. The zero-order chi connectivity index (χ0) is 14.5. The van der Waals surface area contributed by atoms with E-state index in [1.54, 1.807) is 12.1 Å². The maximum atomic E-state index is 11.3. The molecule has 0 amide bonds. The predicted molar refractivity (Wildman–Crippen MR) is 74.1 cm³/mol. The van der Waals surface area contributed by atoms with Gasteiger partial charge >= 0.3 is 5.97 Å². The van der Waals surface area contributed by atoms with Crippen molar-refractivity contribution in [3.63, 3.8) is 0 Å². The highest BCUT2D eigenvalue weighted by molar-refractivity contribution is 7.90. The molecule has 1 aromatic rings. The molecule has 19 heavy (non-hydrogen) atoms. The van der Waals surface area contributed by atoms with E-state index < -0.39 is 15.8 Å². The van der Waals surface area contributed by atoms with Crippen LogP contribution >= 0.6 is 0 Å². The van der Waals surface area contributed by atoms with Gasteiger partial charge in [-0.2, -0.15) is 0 Å². The molecular weight excluding hydrogens is 266 g/mol. The predicted octanol–water partition coefficient (Wildman–Crippen LogP) is 2.15. The fraction of sp³-hybridized carbons (Fsp3) is 0.462. The monoisotopic (exact) mass is 285 g/mol. The Bertz CT molecular complexity index is 522. The van der Waals surface area contributed by atoms with Crippen LogP contribution in [0.3, 0.4) is 0 Å². The second-order valence-corrected chi connectivity index (χ2v) is 6.54. The molecule has 1 unspecified atom stereocenters. The van der Waals surface area contributed by atoms with Gasteiger partial charge in [0.2, 0.25) is 0 Å². The summed E-state index contributed by atoms with van der Waals surface area (Å²) in [4.78, 5) is 11.0. The van der Waals surface area contributed by atoms with E-state index >= 15 is 0 Å². The van der Waals surface area contributed by atoms with Crippen LogP contribution in [0.5, 0.6) is 0 Å². The van der Waals surface area contributed by atoms with Crippen molar-refractivity contribution in [1.29, 1.82) is 0 Å². The van der Waals surface area contributed by atoms with Gasteiger partial charge in [0, 0.05) is 18.0 Å². The Balaban J connectivity index is 2.77. The van der Waals surface area contributed by atoms with Crippen molar-refractivity contribution in [3.05, 3.63) is 24.3 Å². The molecule has 5 nitrogen and oxygen atoms in total. The first-order valence-corrected chi connectivity index (χ1v) is 8.00. The Morgan fingerprint density at radius 1 is 1.32 bits per heavy atom. The molecule has 0 aliphatic carbocycles. The zero-order valence-corrected chi connectivity index (χ0v) is 11.9. The summed E-state index contributed by atoms with van der Waals surface area (Å²) in [6.07, 6.45) is 2.83. The summed E-state index contributed by atoms with van der Waals surface area (Å²) >= 11 is 0. The number of sulfone groups is 1. The Kier molecular flexibility index (Phi) is 5.35. The minimum Gasteiger partial charge on any atom is -0.481 e. The fourth-order valence-corrected chi connectivity index (χ4v) is 2.45. The summed E-state index contributed by atoms with van der Waals surface area (Å²) in [5, 5.41) is 11.9. The lowest BCUT2D eigenvalue weighted by Gasteiger charge is -2.17. The highest BCUT2D eigenvalue weighted by Crippen LogP contribution is 2.16. The van der Waals surface area contributed by atoms with Crippen molar-refractivity contribution in [3.8, 4) is 0 Å². The van der Waals surface area contributed by atoms with E-state index in [-0.39, 0.29) is 17.4 Å². The quantitative estimate of drug-likeness (QED) is 0.802. The molecule has 0 aliphatic rings. The topological polar surface area (TPSA) is 83.5 Å². The molecule has 0 heterocycles. The van der Waals surface area contributed by atoms with E-state index in [4.69, 9.17) is 5.11 Å². The van der Waals surface area contributed by atoms with E-state index in [1.807, 2.05) is 6.92 Å². The summed E-state index contributed by atoms with van der Waals surface area (Å²) in [6.45, 7) is 1.99. The van der Waals surface area contributed by atoms with Gasteiger partial charge < -0.3 is 10.4 Å². The number of nitrogens with one attached hydrogen (secondary N) is 1. The molecule has 0 saturated heterocycles. The van der Waals surface area contributed by atoms with Crippen LogP contribution in [0.4, 0.5) is 5.69 Å². The summed E-state index contributed by atoms with van der Waals surface area (Å²) in [5.41, 5.74) is 0.729. The molecule has 6 heteroatoms. The van der Waals surface area contributed by atoms with Crippen molar-refractivity contribution in [2.45, 2.75) is 37.1 Å². The largest absolute Gasteiger partial charge is 0.481 e. The SMILES string of the molecule is CCCC(CC(=O)O)Nc1ccc(S(C)(=O)=O)cc1. The number of benzene rings is 1. The van der Waals surface area contributed by atoms with E-state index in [0.717, 1.165) is 24.8 Å². The van der Waals surface area contributed by atoms with Crippen molar-refractivity contribution in [2.24, 2.45) is 0 Å². The average molecular weight is 285 g/mol. The number of carbonyl (C=O) groups is 1. The first-order valence-electron chi connectivity index (χ1n) is 6.11. The molecule has 0 radical (unpaired) electrons. The van der Waals surface area contributed by atoms with Crippen LogP contribution in [0.15, 0.2) is 29.2 Å². The number of carboxylic acid groups (broad SMARTS) is 1. The smallest absolute Gasteiger partial charge is 0.305 e.